The maximum Gasteiger partial charge on any atom is 0.181 e. The van der Waals surface area contributed by atoms with Gasteiger partial charge in [-0.2, -0.15) is 0 Å². The highest BCUT2D eigenvalue weighted by Crippen LogP contribution is 2.11. The molecular weight excluding hydrogens is 256 g/mol. The van der Waals surface area contributed by atoms with E-state index >= 15 is 0 Å². The van der Waals surface area contributed by atoms with Crippen molar-refractivity contribution in [3.05, 3.63) is 65.8 Å². The summed E-state index contributed by atoms with van der Waals surface area (Å²) in [7, 11) is -3.22. The zero-order valence-electron chi connectivity index (χ0n) is 11.6. The molecule has 0 radical (unpaired) electrons. The molecule has 0 unspecified atom stereocenters. The quantitative estimate of drug-likeness (QED) is 0.764. The summed E-state index contributed by atoms with van der Waals surface area (Å²) in [5.41, 5.74) is 2.15. The molecule has 0 bridgehead atoms. The second-order valence-electron chi connectivity index (χ2n) is 4.65. The molecule has 0 aliphatic carbocycles. The maximum atomic E-state index is 12.0. The highest BCUT2D eigenvalue weighted by atomic mass is 32.2. The minimum Gasteiger partial charge on any atom is -0.223 e. The first-order valence-electron chi connectivity index (χ1n) is 6.18. The minimum absolute atomic E-state index is 0.0298. The summed E-state index contributed by atoms with van der Waals surface area (Å²) >= 11 is 0. The van der Waals surface area contributed by atoms with E-state index in [1.54, 1.807) is 30.3 Å². The Morgan fingerprint density at radius 2 is 1.74 bits per heavy atom. The Balaban J connectivity index is 2.75. The zero-order chi connectivity index (χ0) is 14.3. The first-order chi connectivity index (χ1) is 8.92. The molecule has 3 heteroatoms. The molecule has 19 heavy (non-hydrogen) atoms. The summed E-state index contributed by atoms with van der Waals surface area (Å²) in [5, 5.41) is 0. The van der Waals surface area contributed by atoms with E-state index in [4.69, 9.17) is 0 Å². The molecule has 0 aromatic heterocycles. The predicted octanol–water partition coefficient (Wildman–Crippen LogP) is 3.93. The van der Waals surface area contributed by atoms with Gasteiger partial charge in [-0.05, 0) is 32.9 Å². The zero-order valence-corrected chi connectivity index (χ0v) is 12.4. The van der Waals surface area contributed by atoms with Gasteiger partial charge in [0.15, 0.2) is 9.84 Å². The Morgan fingerprint density at radius 3 is 2.32 bits per heavy atom. The van der Waals surface area contributed by atoms with Gasteiger partial charge >= 0.3 is 0 Å². The molecule has 102 valence electrons. The van der Waals surface area contributed by atoms with Gasteiger partial charge < -0.3 is 0 Å². The van der Waals surface area contributed by atoms with Crippen molar-refractivity contribution >= 4 is 9.84 Å². The van der Waals surface area contributed by atoms with Gasteiger partial charge in [-0.15, -0.1) is 0 Å². The molecule has 1 aromatic carbocycles. The lowest BCUT2D eigenvalue weighted by Gasteiger charge is -2.01. The summed E-state index contributed by atoms with van der Waals surface area (Å²) in [6.45, 7) is 5.93. The third kappa shape index (κ3) is 5.71. The molecule has 0 heterocycles. The van der Waals surface area contributed by atoms with Gasteiger partial charge in [-0.3, -0.25) is 0 Å². The molecule has 0 atom stereocenters. The number of hydrogen-bond donors (Lipinski definition) is 0. The molecule has 1 rings (SSSR count). The lowest BCUT2D eigenvalue weighted by Crippen LogP contribution is -2.04. The molecule has 1 aromatic rings. The highest BCUT2D eigenvalue weighted by molar-refractivity contribution is 7.91. The summed E-state index contributed by atoms with van der Waals surface area (Å²) in [6, 6.07) is 8.52. The summed E-state index contributed by atoms with van der Waals surface area (Å²) < 4.78 is 24.1. The standard InChI is InChI=1S/C16H20O2S/c1-14(2)8-7-9-15(3)12-13-19(17,18)16-10-5-4-6-11-16/h4-12H,13H2,1-3H3/b9-7+,15-12+. The highest BCUT2D eigenvalue weighted by Gasteiger charge is 2.11. The molecular formula is C16H20O2S. The monoisotopic (exact) mass is 276 g/mol. The normalized spacial score (nSPS) is 12.7. The van der Waals surface area contributed by atoms with Crippen LogP contribution in [0.15, 0.2) is 70.7 Å². The van der Waals surface area contributed by atoms with Crippen LogP contribution in [-0.2, 0) is 9.84 Å². The smallest absolute Gasteiger partial charge is 0.181 e. The number of benzene rings is 1. The van der Waals surface area contributed by atoms with Crippen LogP contribution in [-0.4, -0.2) is 14.2 Å². The van der Waals surface area contributed by atoms with Crippen LogP contribution in [0.3, 0.4) is 0 Å². The lowest BCUT2D eigenvalue weighted by atomic mass is 10.2. The predicted molar refractivity (Wildman–Crippen MR) is 80.8 cm³/mol. The number of allylic oxidation sites excluding steroid dienone is 5. The largest absolute Gasteiger partial charge is 0.223 e. The first-order valence-corrected chi connectivity index (χ1v) is 7.83. The van der Waals surface area contributed by atoms with E-state index in [1.807, 2.05) is 45.1 Å². The third-order valence-corrected chi connectivity index (χ3v) is 4.11. The minimum atomic E-state index is -3.22. The molecule has 2 nitrogen and oxygen atoms in total. The number of sulfone groups is 1. The average molecular weight is 276 g/mol. The summed E-state index contributed by atoms with van der Waals surface area (Å²) in [6.07, 6.45) is 7.56. The van der Waals surface area contributed by atoms with Gasteiger partial charge in [0.2, 0.25) is 0 Å². The fourth-order valence-corrected chi connectivity index (χ4v) is 2.67. The second-order valence-corrected chi connectivity index (χ2v) is 6.68. The van der Waals surface area contributed by atoms with Gasteiger partial charge in [0.1, 0.15) is 0 Å². The van der Waals surface area contributed by atoms with Crippen molar-refractivity contribution in [1.82, 2.24) is 0 Å². The molecule has 0 aliphatic rings. The van der Waals surface area contributed by atoms with Crippen molar-refractivity contribution in [3.63, 3.8) is 0 Å². The van der Waals surface area contributed by atoms with E-state index in [0.717, 1.165) is 5.57 Å². The third-order valence-electron chi connectivity index (χ3n) is 2.52. The van der Waals surface area contributed by atoms with Crippen LogP contribution in [0, 0.1) is 0 Å². The molecule has 0 saturated carbocycles. The fraction of sp³-hybridized carbons (Fsp3) is 0.250. The van der Waals surface area contributed by atoms with Crippen LogP contribution < -0.4 is 0 Å². The number of hydrogen-bond acceptors (Lipinski definition) is 2. The molecule has 0 N–H and O–H groups in total. The molecule has 0 aliphatic heterocycles. The van der Waals surface area contributed by atoms with E-state index in [2.05, 4.69) is 0 Å². The number of rotatable bonds is 5. The maximum absolute atomic E-state index is 12.0. The van der Waals surface area contributed by atoms with Crippen LogP contribution in [0.2, 0.25) is 0 Å². The Bertz CT molecular complexity index is 587. The van der Waals surface area contributed by atoms with Crippen molar-refractivity contribution < 1.29 is 8.42 Å². The van der Waals surface area contributed by atoms with Crippen LogP contribution in [0.1, 0.15) is 20.8 Å². The Morgan fingerprint density at radius 1 is 1.11 bits per heavy atom. The van der Waals surface area contributed by atoms with Crippen molar-refractivity contribution in [3.8, 4) is 0 Å². The van der Waals surface area contributed by atoms with E-state index in [-0.39, 0.29) is 5.75 Å². The molecule has 0 saturated heterocycles. The first kappa shape index (κ1) is 15.4. The van der Waals surface area contributed by atoms with E-state index in [1.165, 1.54) is 5.57 Å². The molecule has 0 spiro atoms. The fourth-order valence-electron chi connectivity index (χ4n) is 1.43. The Hall–Kier alpha value is -1.61. The van der Waals surface area contributed by atoms with Gasteiger partial charge in [0, 0.05) is 0 Å². The van der Waals surface area contributed by atoms with Crippen molar-refractivity contribution in [2.75, 3.05) is 5.75 Å². The molecule has 0 amide bonds. The Kier molecular flexibility index (Phi) is 5.77. The van der Waals surface area contributed by atoms with Crippen LogP contribution in [0.5, 0.6) is 0 Å². The lowest BCUT2D eigenvalue weighted by molar-refractivity contribution is 0.599. The van der Waals surface area contributed by atoms with Gasteiger partial charge in [-0.1, -0.05) is 53.6 Å². The van der Waals surface area contributed by atoms with E-state index in [9.17, 15) is 8.42 Å². The van der Waals surface area contributed by atoms with Crippen LogP contribution in [0.4, 0.5) is 0 Å². The Labute approximate surface area is 116 Å². The van der Waals surface area contributed by atoms with Crippen LogP contribution >= 0.6 is 0 Å². The van der Waals surface area contributed by atoms with E-state index in [0.29, 0.717) is 4.90 Å². The molecule has 0 fully saturated rings. The van der Waals surface area contributed by atoms with Gasteiger partial charge in [-0.25, -0.2) is 8.42 Å². The summed E-state index contributed by atoms with van der Waals surface area (Å²) in [5.74, 6) is 0.0298. The van der Waals surface area contributed by atoms with Crippen molar-refractivity contribution in [2.24, 2.45) is 0 Å². The van der Waals surface area contributed by atoms with Gasteiger partial charge in [0.05, 0.1) is 10.6 Å². The van der Waals surface area contributed by atoms with Gasteiger partial charge in [0.25, 0.3) is 0 Å². The van der Waals surface area contributed by atoms with E-state index < -0.39 is 9.84 Å². The summed E-state index contributed by atoms with van der Waals surface area (Å²) in [4.78, 5) is 0.368. The SMILES string of the molecule is CC(C)=C/C=C/C(C)=C/CS(=O)(=O)c1ccccc1. The van der Waals surface area contributed by atoms with Crippen molar-refractivity contribution in [1.29, 1.82) is 0 Å². The second kappa shape index (κ2) is 7.10. The van der Waals surface area contributed by atoms with Crippen molar-refractivity contribution in [2.45, 2.75) is 25.7 Å². The van der Waals surface area contributed by atoms with Crippen LogP contribution in [0.25, 0.3) is 0 Å². The average Bonchev–Trinajstić information content (AvgIpc) is 2.37. The topological polar surface area (TPSA) is 34.1 Å².